The number of hydrogen-bond donors (Lipinski definition) is 2. The molecule has 0 amide bonds. The minimum absolute atomic E-state index is 0.0374. The monoisotopic (exact) mass is 211 g/mol. The number of rotatable bonds is 3. The van der Waals surface area contributed by atoms with Crippen LogP contribution in [0.5, 0.6) is 0 Å². The number of anilines is 1. The molecule has 1 fully saturated rings. The molecule has 0 saturated carbocycles. The van der Waals surface area contributed by atoms with Gasteiger partial charge in [0.15, 0.2) is 5.88 Å². The van der Waals surface area contributed by atoms with E-state index in [9.17, 15) is 4.79 Å². The van der Waals surface area contributed by atoms with Gasteiger partial charge in [-0.1, -0.05) is 0 Å². The Bertz CT molecular complexity index is 341. The Kier molecular flexibility index (Phi) is 2.91. The molecule has 15 heavy (non-hydrogen) atoms. The molecule has 2 N–H and O–H groups in total. The average Bonchev–Trinajstić information content (AvgIpc) is 2.68. The third kappa shape index (κ3) is 2.50. The zero-order valence-corrected chi connectivity index (χ0v) is 8.23. The number of carboxylic acid groups (broad SMARTS) is 1. The molecule has 2 heterocycles. The fourth-order valence-electron chi connectivity index (χ4n) is 1.57. The Morgan fingerprint density at radius 1 is 1.40 bits per heavy atom. The van der Waals surface area contributed by atoms with Crippen LogP contribution >= 0.6 is 0 Å². The van der Waals surface area contributed by atoms with Crippen LogP contribution in [0.2, 0.25) is 0 Å². The smallest absolute Gasteiger partial charge is 0.371 e. The quantitative estimate of drug-likeness (QED) is 0.794. The summed E-state index contributed by atoms with van der Waals surface area (Å²) < 4.78 is 10.3. The van der Waals surface area contributed by atoms with E-state index in [-0.39, 0.29) is 5.76 Å². The van der Waals surface area contributed by atoms with E-state index < -0.39 is 5.97 Å². The molecule has 0 aliphatic carbocycles. The predicted molar refractivity (Wildman–Crippen MR) is 53.1 cm³/mol. The molecule has 1 aliphatic heterocycles. The fourth-order valence-corrected chi connectivity index (χ4v) is 1.57. The van der Waals surface area contributed by atoms with E-state index in [1.54, 1.807) is 6.07 Å². The van der Waals surface area contributed by atoms with E-state index in [1.807, 2.05) is 0 Å². The third-order valence-corrected chi connectivity index (χ3v) is 2.38. The van der Waals surface area contributed by atoms with Crippen molar-refractivity contribution in [3.05, 3.63) is 17.9 Å². The second-order valence-electron chi connectivity index (χ2n) is 3.50. The Balaban J connectivity index is 1.94. The van der Waals surface area contributed by atoms with Crippen LogP contribution in [0, 0.1) is 0 Å². The first-order valence-corrected chi connectivity index (χ1v) is 4.93. The fraction of sp³-hybridized carbons (Fsp3) is 0.500. The maximum atomic E-state index is 10.6. The first-order chi connectivity index (χ1) is 7.25. The van der Waals surface area contributed by atoms with Crippen LogP contribution < -0.4 is 5.32 Å². The Morgan fingerprint density at radius 2 is 2.13 bits per heavy atom. The van der Waals surface area contributed by atoms with Gasteiger partial charge in [0.1, 0.15) is 0 Å². The highest BCUT2D eigenvalue weighted by Gasteiger charge is 2.15. The van der Waals surface area contributed by atoms with E-state index in [0.29, 0.717) is 11.9 Å². The lowest BCUT2D eigenvalue weighted by Gasteiger charge is -2.22. The van der Waals surface area contributed by atoms with Gasteiger partial charge in [0.05, 0.1) is 0 Å². The summed E-state index contributed by atoms with van der Waals surface area (Å²) in [6.45, 7) is 1.48. The summed E-state index contributed by atoms with van der Waals surface area (Å²) in [5.74, 6) is -0.570. The molecule has 0 unspecified atom stereocenters. The second-order valence-corrected chi connectivity index (χ2v) is 3.50. The highest BCUT2D eigenvalue weighted by Crippen LogP contribution is 2.17. The molecule has 0 spiro atoms. The first kappa shape index (κ1) is 10.0. The molecule has 5 nitrogen and oxygen atoms in total. The summed E-state index contributed by atoms with van der Waals surface area (Å²) in [6.07, 6.45) is 1.84. The van der Waals surface area contributed by atoms with Gasteiger partial charge in [-0.2, -0.15) is 0 Å². The summed E-state index contributed by atoms with van der Waals surface area (Å²) in [4.78, 5) is 10.6. The van der Waals surface area contributed by atoms with Crippen molar-refractivity contribution < 1.29 is 19.1 Å². The lowest BCUT2D eigenvalue weighted by molar-refractivity contribution is 0.0662. The number of hydrogen-bond acceptors (Lipinski definition) is 4. The molecular formula is C10H13NO4. The first-order valence-electron chi connectivity index (χ1n) is 4.93. The van der Waals surface area contributed by atoms with E-state index in [4.69, 9.17) is 14.3 Å². The number of ether oxygens (including phenoxy) is 1. The molecule has 0 aromatic carbocycles. The van der Waals surface area contributed by atoms with Crippen LogP contribution in [0.4, 0.5) is 5.88 Å². The maximum absolute atomic E-state index is 10.6. The maximum Gasteiger partial charge on any atom is 0.371 e. The third-order valence-electron chi connectivity index (χ3n) is 2.38. The summed E-state index contributed by atoms with van der Waals surface area (Å²) in [5.41, 5.74) is 0. The van der Waals surface area contributed by atoms with Crippen molar-refractivity contribution in [2.45, 2.75) is 18.9 Å². The largest absolute Gasteiger partial charge is 0.475 e. The molecule has 1 aromatic heterocycles. The van der Waals surface area contributed by atoms with Gasteiger partial charge in [0.25, 0.3) is 0 Å². The topological polar surface area (TPSA) is 71.7 Å². The number of aromatic carboxylic acids is 1. The van der Waals surface area contributed by atoms with Crippen molar-refractivity contribution >= 4 is 11.9 Å². The van der Waals surface area contributed by atoms with Gasteiger partial charge >= 0.3 is 5.97 Å². The van der Waals surface area contributed by atoms with Gasteiger partial charge in [0.2, 0.25) is 5.76 Å². The minimum atomic E-state index is -1.05. The zero-order chi connectivity index (χ0) is 10.7. The lowest BCUT2D eigenvalue weighted by Crippen LogP contribution is -2.27. The summed E-state index contributed by atoms with van der Waals surface area (Å²) in [7, 11) is 0. The van der Waals surface area contributed by atoms with Gasteiger partial charge in [-0.25, -0.2) is 4.79 Å². The molecule has 5 heteroatoms. The van der Waals surface area contributed by atoms with Gasteiger partial charge in [-0.3, -0.25) is 0 Å². The number of furan rings is 1. The van der Waals surface area contributed by atoms with E-state index in [1.165, 1.54) is 6.07 Å². The molecule has 1 saturated heterocycles. The number of carbonyl (C=O) groups is 1. The summed E-state index contributed by atoms with van der Waals surface area (Å²) >= 11 is 0. The van der Waals surface area contributed by atoms with Crippen molar-refractivity contribution in [3.63, 3.8) is 0 Å². The van der Waals surface area contributed by atoms with Gasteiger partial charge < -0.3 is 19.6 Å². The van der Waals surface area contributed by atoms with E-state index >= 15 is 0 Å². The van der Waals surface area contributed by atoms with Crippen LogP contribution in [0.15, 0.2) is 16.5 Å². The average molecular weight is 211 g/mol. The van der Waals surface area contributed by atoms with Gasteiger partial charge in [-0.15, -0.1) is 0 Å². The Morgan fingerprint density at radius 3 is 2.73 bits per heavy atom. The van der Waals surface area contributed by atoms with Crippen molar-refractivity contribution in [2.75, 3.05) is 18.5 Å². The normalized spacial score (nSPS) is 17.6. The van der Waals surface area contributed by atoms with Crippen molar-refractivity contribution in [2.24, 2.45) is 0 Å². The number of carboxylic acids is 1. The highest BCUT2D eigenvalue weighted by atomic mass is 16.5. The molecule has 0 bridgehead atoms. The van der Waals surface area contributed by atoms with Crippen LogP contribution in [0.3, 0.4) is 0 Å². The Hall–Kier alpha value is -1.49. The summed E-state index contributed by atoms with van der Waals surface area (Å²) in [5, 5.41) is 11.8. The molecule has 82 valence electrons. The lowest BCUT2D eigenvalue weighted by atomic mass is 10.1. The SMILES string of the molecule is O=C(O)c1ccc(NC2CCOCC2)o1. The minimum Gasteiger partial charge on any atom is -0.475 e. The van der Waals surface area contributed by atoms with Crippen molar-refractivity contribution in [3.8, 4) is 0 Å². The van der Waals surface area contributed by atoms with Crippen LogP contribution in [-0.4, -0.2) is 30.3 Å². The van der Waals surface area contributed by atoms with Crippen molar-refractivity contribution in [1.82, 2.24) is 0 Å². The molecular weight excluding hydrogens is 198 g/mol. The molecule has 0 atom stereocenters. The molecule has 2 rings (SSSR count). The molecule has 0 radical (unpaired) electrons. The predicted octanol–water partition coefficient (Wildman–Crippen LogP) is 1.57. The second kappa shape index (κ2) is 4.35. The van der Waals surface area contributed by atoms with Crippen LogP contribution in [0.1, 0.15) is 23.4 Å². The summed E-state index contributed by atoms with van der Waals surface area (Å²) in [6, 6.07) is 3.40. The highest BCUT2D eigenvalue weighted by molar-refractivity contribution is 5.84. The zero-order valence-electron chi connectivity index (χ0n) is 8.23. The van der Waals surface area contributed by atoms with Gasteiger partial charge in [-0.05, 0) is 18.9 Å². The van der Waals surface area contributed by atoms with E-state index in [2.05, 4.69) is 5.32 Å². The molecule has 1 aromatic rings. The van der Waals surface area contributed by atoms with Gasteiger partial charge in [0, 0.05) is 25.3 Å². The van der Waals surface area contributed by atoms with Crippen LogP contribution in [0.25, 0.3) is 0 Å². The number of nitrogens with one attached hydrogen (secondary N) is 1. The molecule has 1 aliphatic rings. The van der Waals surface area contributed by atoms with E-state index in [0.717, 1.165) is 26.1 Å². The standard InChI is InChI=1S/C10H13NO4/c12-10(13)8-1-2-9(15-8)11-7-3-5-14-6-4-7/h1-2,7,11H,3-6H2,(H,12,13). The Labute approximate surface area is 87.0 Å². The van der Waals surface area contributed by atoms with Crippen molar-refractivity contribution in [1.29, 1.82) is 0 Å². The van der Waals surface area contributed by atoms with Crippen LogP contribution in [-0.2, 0) is 4.74 Å².